The van der Waals surface area contributed by atoms with Crippen LogP contribution < -0.4 is 10.2 Å². The van der Waals surface area contributed by atoms with Crippen molar-refractivity contribution in [3.05, 3.63) is 59.9 Å². The molecule has 27 heavy (non-hydrogen) atoms. The van der Waals surface area contributed by atoms with E-state index in [1.807, 2.05) is 55.5 Å². The molecule has 0 radical (unpaired) electrons. The summed E-state index contributed by atoms with van der Waals surface area (Å²) in [6, 6.07) is 15.1. The standard InChI is InChI=1S/C20H18N4O3/c1-12-16-6-4-5-7-17(16)27-18(12)20-22-21-19(13(2)25)24(20)23-14-8-10-15(26-3)11-9-14/h4-11,23H,1-3H3. The number of Topliss-reactive ketones (excluding diaryl/α,β-unsaturated/α-hetero) is 1. The molecular weight excluding hydrogens is 344 g/mol. The summed E-state index contributed by atoms with van der Waals surface area (Å²) in [5, 5.41) is 9.25. The van der Waals surface area contributed by atoms with Crippen LogP contribution in [0.2, 0.25) is 0 Å². The van der Waals surface area contributed by atoms with E-state index in [1.165, 1.54) is 6.92 Å². The molecule has 136 valence electrons. The molecule has 7 heteroatoms. The van der Waals surface area contributed by atoms with Gasteiger partial charge in [-0.1, -0.05) is 18.2 Å². The Balaban J connectivity index is 1.83. The van der Waals surface area contributed by atoms with E-state index in [1.54, 1.807) is 11.8 Å². The molecule has 0 bridgehead atoms. The zero-order valence-corrected chi connectivity index (χ0v) is 15.2. The molecule has 0 saturated carbocycles. The molecule has 4 rings (SSSR count). The molecule has 0 unspecified atom stereocenters. The number of hydrogen-bond acceptors (Lipinski definition) is 6. The van der Waals surface area contributed by atoms with Crippen molar-refractivity contribution in [3.63, 3.8) is 0 Å². The maximum absolute atomic E-state index is 12.0. The number of para-hydroxylation sites is 1. The summed E-state index contributed by atoms with van der Waals surface area (Å²) >= 11 is 0. The Morgan fingerprint density at radius 1 is 1.11 bits per heavy atom. The topological polar surface area (TPSA) is 82.2 Å². The minimum Gasteiger partial charge on any atom is -0.497 e. The van der Waals surface area contributed by atoms with Gasteiger partial charge in [0.05, 0.1) is 12.8 Å². The molecule has 7 nitrogen and oxygen atoms in total. The number of anilines is 1. The van der Waals surface area contributed by atoms with E-state index in [-0.39, 0.29) is 11.6 Å². The Labute approximate surface area is 155 Å². The number of methoxy groups -OCH3 is 1. The monoisotopic (exact) mass is 362 g/mol. The number of aryl methyl sites for hydroxylation is 1. The van der Waals surface area contributed by atoms with Crippen molar-refractivity contribution >= 4 is 22.4 Å². The minimum atomic E-state index is -0.205. The highest BCUT2D eigenvalue weighted by atomic mass is 16.5. The molecule has 0 fully saturated rings. The van der Waals surface area contributed by atoms with Crippen molar-refractivity contribution < 1.29 is 13.9 Å². The molecule has 0 aliphatic carbocycles. The lowest BCUT2D eigenvalue weighted by Crippen LogP contribution is -2.17. The summed E-state index contributed by atoms with van der Waals surface area (Å²) < 4.78 is 12.7. The first-order valence-corrected chi connectivity index (χ1v) is 8.44. The van der Waals surface area contributed by atoms with E-state index in [0.717, 1.165) is 28.0 Å². The second-order valence-electron chi connectivity index (χ2n) is 6.13. The van der Waals surface area contributed by atoms with Gasteiger partial charge >= 0.3 is 0 Å². The van der Waals surface area contributed by atoms with Gasteiger partial charge in [-0.2, -0.15) is 0 Å². The van der Waals surface area contributed by atoms with Crippen molar-refractivity contribution in [1.82, 2.24) is 14.9 Å². The molecular formula is C20H18N4O3. The van der Waals surface area contributed by atoms with Crippen LogP contribution >= 0.6 is 0 Å². The van der Waals surface area contributed by atoms with Crippen LogP contribution in [-0.4, -0.2) is 27.8 Å². The van der Waals surface area contributed by atoms with Gasteiger partial charge in [-0.05, 0) is 37.3 Å². The molecule has 4 aromatic rings. The quantitative estimate of drug-likeness (QED) is 0.539. The van der Waals surface area contributed by atoms with Crippen LogP contribution in [0.1, 0.15) is 23.1 Å². The molecule has 0 atom stereocenters. The average molecular weight is 362 g/mol. The number of ether oxygens (including phenoxy) is 1. The lowest BCUT2D eigenvalue weighted by molar-refractivity contribution is 0.100. The number of benzene rings is 2. The van der Waals surface area contributed by atoms with Gasteiger partial charge in [0.1, 0.15) is 11.3 Å². The molecule has 0 spiro atoms. The summed E-state index contributed by atoms with van der Waals surface area (Å²) in [6.45, 7) is 3.41. The SMILES string of the molecule is COc1ccc(Nn2c(C(C)=O)nnc2-c2oc3ccccc3c2C)cc1. The van der Waals surface area contributed by atoms with E-state index < -0.39 is 0 Å². The van der Waals surface area contributed by atoms with Gasteiger partial charge in [0.25, 0.3) is 0 Å². The highest BCUT2D eigenvalue weighted by molar-refractivity contribution is 5.92. The Morgan fingerprint density at radius 3 is 2.52 bits per heavy atom. The van der Waals surface area contributed by atoms with Gasteiger partial charge in [-0.25, -0.2) is 4.68 Å². The second-order valence-corrected chi connectivity index (χ2v) is 6.13. The summed E-state index contributed by atoms with van der Waals surface area (Å²) in [4.78, 5) is 12.0. The second kappa shape index (κ2) is 6.60. The van der Waals surface area contributed by atoms with Crippen LogP contribution in [0.4, 0.5) is 5.69 Å². The van der Waals surface area contributed by atoms with Crippen molar-refractivity contribution in [2.45, 2.75) is 13.8 Å². The lowest BCUT2D eigenvalue weighted by atomic mass is 10.1. The van der Waals surface area contributed by atoms with Crippen molar-refractivity contribution in [2.24, 2.45) is 0 Å². The highest BCUT2D eigenvalue weighted by Gasteiger charge is 2.23. The number of rotatable bonds is 5. The normalized spacial score (nSPS) is 10.9. The number of nitrogens with zero attached hydrogens (tertiary/aromatic N) is 3. The zero-order valence-electron chi connectivity index (χ0n) is 15.2. The van der Waals surface area contributed by atoms with E-state index in [2.05, 4.69) is 15.6 Å². The first-order chi connectivity index (χ1) is 13.1. The highest BCUT2D eigenvalue weighted by Crippen LogP contribution is 2.32. The molecule has 2 aromatic heterocycles. The summed E-state index contributed by atoms with van der Waals surface area (Å²) in [6.07, 6.45) is 0. The molecule has 2 aromatic carbocycles. The van der Waals surface area contributed by atoms with E-state index >= 15 is 0 Å². The van der Waals surface area contributed by atoms with Crippen LogP contribution in [0.15, 0.2) is 52.9 Å². The predicted molar refractivity (Wildman–Crippen MR) is 102 cm³/mol. The fraction of sp³-hybridized carbons (Fsp3) is 0.150. The van der Waals surface area contributed by atoms with Crippen molar-refractivity contribution in [3.8, 4) is 17.3 Å². The maximum Gasteiger partial charge on any atom is 0.219 e. The number of nitrogens with one attached hydrogen (secondary N) is 1. The summed E-state index contributed by atoms with van der Waals surface area (Å²) in [5.74, 6) is 1.73. The Kier molecular flexibility index (Phi) is 4.12. The van der Waals surface area contributed by atoms with Gasteiger partial charge in [0.15, 0.2) is 11.5 Å². The summed E-state index contributed by atoms with van der Waals surface area (Å²) in [5.41, 5.74) is 5.63. The number of furan rings is 1. The minimum absolute atomic E-state index is 0.195. The fourth-order valence-electron chi connectivity index (χ4n) is 2.95. The number of ketones is 1. The Morgan fingerprint density at radius 2 is 1.85 bits per heavy atom. The van der Waals surface area contributed by atoms with Crippen molar-refractivity contribution in [1.29, 1.82) is 0 Å². The third kappa shape index (κ3) is 2.93. The van der Waals surface area contributed by atoms with E-state index in [4.69, 9.17) is 9.15 Å². The van der Waals surface area contributed by atoms with Crippen LogP contribution in [0.5, 0.6) is 5.75 Å². The smallest absolute Gasteiger partial charge is 0.219 e. The van der Waals surface area contributed by atoms with Crippen LogP contribution in [-0.2, 0) is 0 Å². The number of aromatic nitrogens is 3. The Hall–Kier alpha value is -3.61. The average Bonchev–Trinajstić information content (AvgIpc) is 3.24. The first kappa shape index (κ1) is 16.8. The number of carbonyl (C=O) groups excluding carboxylic acids is 1. The van der Waals surface area contributed by atoms with Crippen LogP contribution in [0.25, 0.3) is 22.6 Å². The number of fused-ring (bicyclic) bond motifs is 1. The fourth-order valence-corrected chi connectivity index (χ4v) is 2.95. The third-order valence-electron chi connectivity index (χ3n) is 4.36. The molecule has 0 saturated heterocycles. The van der Waals surface area contributed by atoms with Crippen LogP contribution in [0, 0.1) is 6.92 Å². The first-order valence-electron chi connectivity index (χ1n) is 8.44. The van der Waals surface area contributed by atoms with Gasteiger partial charge in [-0.3, -0.25) is 10.2 Å². The summed E-state index contributed by atoms with van der Waals surface area (Å²) in [7, 11) is 1.61. The van der Waals surface area contributed by atoms with Gasteiger partial charge in [0.2, 0.25) is 11.6 Å². The predicted octanol–water partition coefficient (Wildman–Crippen LogP) is 4.09. The molecule has 2 heterocycles. The molecule has 0 amide bonds. The maximum atomic E-state index is 12.0. The molecule has 0 aliphatic heterocycles. The molecule has 1 N–H and O–H groups in total. The number of carbonyl (C=O) groups is 1. The van der Waals surface area contributed by atoms with E-state index in [9.17, 15) is 4.79 Å². The van der Waals surface area contributed by atoms with Gasteiger partial charge in [0, 0.05) is 17.9 Å². The zero-order chi connectivity index (χ0) is 19.0. The van der Waals surface area contributed by atoms with Gasteiger partial charge in [-0.15, -0.1) is 10.2 Å². The third-order valence-corrected chi connectivity index (χ3v) is 4.36. The number of hydrogen-bond donors (Lipinski definition) is 1. The van der Waals surface area contributed by atoms with Crippen molar-refractivity contribution in [2.75, 3.05) is 12.5 Å². The van der Waals surface area contributed by atoms with E-state index in [0.29, 0.717) is 11.6 Å². The molecule has 0 aliphatic rings. The lowest BCUT2D eigenvalue weighted by Gasteiger charge is -2.12. The largest absolute Gasteiger partial charge is 0.497 e. The van der Waals surface area contributed by atoms with Gasteiger partial charge < -0.3 is 9.15 Å². The van der Waals surface area contributed by atoms with Crippen LogP contribution in [0.3, 0.4) is 0 Å². The Bertz CT molecular complexity index is 1130.